The molecule has 1 aliphatic carbocycles. The Bertz CT molecular complexity index is 579. The molecule has 1 amide bonds. The number of aromatic nitrogens is 3. The van der Waals surface area contributed by atoms with Crippen molar-refractivity contribution in [3.8, 4) is 0 Å². The fraction of sp³-hybridized carbons (Fsp3) is 0.812. The molecule has 1 saturated carbocycles. The van der Waals surface area contributed by atoms with Crippen molar-refractivity contribution in [3.05, 3.63) is 11.9 Å². The van der Waals surface area contributed by atoms with Gasteiger partial charge in [-0.05, 0) is 39.3 Å². The SMILES string of the molecule is CO[C@@]1(C)C[C@@H](NC(=O)c2cn(C3CCNCC3)nn2)C1(C)C. The van der Waals surface area contributed by atoms with Crippen LogP contribution in [0.1, 0.15) is 56.6 Å². The van der Waals surface area contributed by atoms with Gasteiger partial charge in [0.25, 0.3) is 5.91 Å². The summed E-state index contributed by atoms with van der Waals surface area (Å²) in [7, 11) is 1.73. The summed E-state index contributed by atoms with van der Waals surface area (Å²) in [6.07, 6.45) is 4.62. The molecule has 0 aromatic carbocycles. The van der Waals surface area contributed by atoms with Gasteiger partial charge in [0.2, 0.25) is 0 Å². The molecule has 1 aromatic heterocycles. The normalized spacial score (nSPS) is 30.7. The smallest absolute Gasteiger partial charge is 0.273 e. The Balaban J connectivity index is 1.62. The largest absolute Gasteiger partial charge is 0.378 e. The lowest BCUT2D eigenvalue weighted by molar-refractivity contribution is -0.177. The van der Waals surface area contributed by atoms with Crippen molar-refractivity contribution in [2.45, 2.75) is 57.7 Å². The lowest BCUT2D eigenvalue weighted by atomic mass is 9.56. The minimum absolute atomic E-state index is 0.0870. The summed E-state index contributed by atoms with van der Waals surface area (Å²) in [5.74, 6) is -0.151. The molecule has 23 heavy (non-hydrogen) atoms. The first kappa shape index (κ1) is 16.4. The number of ether oxygens (including phenoxy) is 1. The summed E-state index contributed by atoms with van der Waals surface area (Å²) >= 11 is 0. The third-order valence-corrected chi connectivity index (χ3v) is 6.01. The molecule has 0 bridgehead atoms. The Hall–Kier alpha value is -1.47. The molecule has 0 spiro atoms. The van der Waals surface area contributed by atoms with Gasteiger partial charge in [-0.1, -0.05) is 19.1 Å². The molecule has 2 heterocycles. The minimum Gasteiger partial charge on any atom is -0.378 e. The molecule has 3 rings (SSSR count). The number of carbonyl (C=O) groups is 1. The lowest BCUT2D eigenvalue weighted by Gasteiger charge is -2.59. The number of hydrogen-bond acceptors (Lipinski definition) is 5. The van der Waals surface area contributed by atoms with Gasteiger partial charge in [0.05, 0.1) is 17.8 Å². The van der Waals surface area contributed by atoms with Crippen molar-refractivity contribution in [2.75, 3.05) is 20.2 Å². The lowest BCUT2D eigenvalue weighted by Crippen LogP contribution is -2.68. The van der Waals surface area contributed by atoms with Crippen LogP contribution in [0.5, 0.6) is 0 Å². The third-order valence-electron chi connectivity index (χ3n) is 6.01. The van der Waals surface area contributed by atoms with E-state index in [-0.39, 0.29) is 23.0 Å². The monoisotopic (exact) mass is 321 g/mol. The van der Waals surface area contributed by atoms with E-state index in [1.807, 2.05) is 4.68 Å². The first-order chi connectivity index (χ1) is 10.9. The molecular formula is C16H27N5O2. The molecule has 1 aromatic rings. The van der Waals surface area contributed by atoms with E-state index in [0.29, 0.717) is 11.7 Å². The average Bonchev–Trinajstić information content (AvgIpc) is 3.05. The molecule has 0 unspecified atom stereocenters. The van der Waals surface area contributed by atoms with Crippen LogP contribution in [0.15, 0.2) is 6.20 Å². The fourth-order valence-corrected chi connectivity index (χ4v) is 3.59. The molecule has 2 atom stereocenters. The summed E-state index contributed by atoms with van der Waals surface area (Å²) < 4.78 is 7.43. The van der Waals surface area contributed by atoms with Gasteiger partial charge < -0.3 is 15.4 Å². The van der Waals surface area contributed by atoms with Crippen molar-refractivity contribution in [1.82, 2.24) is 25.6 Å². The van der Waals surface area contributed by atoms with Gasteiger partial charge in [0.1, 0.15) is 0 Å². The van der Waals surface area contributed by atoms with Gasteiger partial charge in [-0.25, -0.2) is 4.68 Å². The molecule has 7 heteroatoms. The fourth-order valence-electron chi connectivity index (χ4n) is 3.59. The van der Waals surface area contributed by atoms with E-state index in [1.165, 1.54) is 0 Å². The van der Waals surface area contributed by atoms with Gasteiger partial charge in [0.15, 0.2) is 5.69 Å². The van der Waals surface area contributed by atoms with E-state index in [1.54, 1.807) is 13.3 Å². The molecular weight excluding hydrogens is 294 g/mol. The zero-order valence-corrected chi connectivity index (χ0v) is 14.4. The summed E-state index contributed by atoms with van der Waals surface area (Å²) in [6, 6.07) is 0.422. The molecule has 2 N–H and O–H groups in total. The number of nitrogens with one attached hydrogen (secondary N) is 2. The Morgan fingerprint density at radius 2 is 2.09 bits per heavy atom. The van der Waals surface area contributed by atoms with E-state index in [4.69, 9.17) is 4.74 Å². The van der Waals surface area contributed by atoms with Gasteiger partial charge in [-0.3, -0.25) is 4.79 Å². The van der Waals surface area contributed by atoms with Crippen LogP contribution in [0.25, 0.3) is 0 Å². The molecule has 128 valence electrons. The van der Waals surface area contributed by atoms with E-state index in [2.05, 4.69) is 41.7 Å². The number of nitrogens with zero attached hydrogens (tertiary/aromatic N) is 3. The van der Waals surface area contributed by atoms with Crippen LogP contribution in [0, 0.1) is 5.41 Å². The Labute approximate surface area is 137 Å². The van der Waals surface area contributed by atoms with Crippen LogP contribution >= 0.6 is 0 Å². The standard InChI is InChI=1S/C16H27N5O2/c1-15(2)13(9-16(15,3)23-4)18-14(22)12-10-21(20-19-12)11-5-7-17-8-6-11/h10-11,13,17H,5-9H2,1-4H3,(H,18,22)/t13-,16+/m1/s1. The maximum Gasteiger partial charge on any atom is 0.273 e. The maximum atomic E-state index is 12.5. The molecule has 1 saturated heterocycles. The van der Waals surface area contributed by atoms with Crippen molar-refractivity contribution in [2.24, 2.45) is 5.41 Å². The number of rotatable bonds is 4. The number of amides is 1. The van der Waals surface area contributed by atoms with Crippen molar-refractivity contribution >= 4 is 5.91 Å². The van der Waals surface area contributed by atoms with Crippen LogP contribution in [0.3, 0.4) is 0 Å². The predicted molar refractivity (Wildman–Crippen MR) is 86.2 cm³/mol. The Kier molecular flexibility index (Phi) is 4.18. The summed E-state index contributed by atoms with van der Waals surface area (Å²) in [5.41, 5.74) is 0.0884. The van der Waals surface area contributed by atoms with E-state index in [0.717, 1.165) is 32.4 Å². The molecule has 7 nitrogen and oxygen atoms in total. The van der Waals surface area contributed by atoms with Crippen molar-refractivity contribution < 1.29 is 9.53 Å². The van der Waals surface area contributed by atoms with Gasteiger partial charge in [-0.2, -0.15) is 0 Å². The average molecular weight is 321 g/mol. The minimum atomic E-state index is -0.197. The van der Waals surface area contributed by atoms with Crippen LogP contribution in [0.4, 0.5) is 0 Å². The second-order valence-corrected chi connectivity index (χ2v) is 7.45. The van der Waals surface area contributed by atoms with Gasteiger partial charge >= 0.3 is 0 Å². The highest BCUT2D eigenvalue weighted by molar-refractivity contribution is 5.92. The van der Waals surface area contributed by atoms with Gasteiger partial charge in [0, 0.05) is 18.6 Å². The first-order valence-corrected chi connectivity index (χ1v) is 8.36. The predicted octanol–water partition coefficient (Wildman–Crippen LogP) is 1.14. The molecule has 0 radical (unpaired) electrons. The van der Waals surface area contributed by atoms with E-state index in [9.17, 15) is 4.79 Å². The summed E-state index contributed by atoms with van der Waals surface area (Å²) in [4.78, 5) is 12.5. The quantitative estimate of drug-likeness (QED) is 0.869. The van der Waals surface area contributed by atoms with E-state index < -0.39 is 0 Å². The number of hydrogen-bond donors (Lipinski definition) is 2. The van der Waals surface area contributed by atoms with Crippen LogP contribution < -0.4 is 10.6 Å². The maximum absolute atomic E-state index is 12.5. The Morgan fingerprint density at radius 3 is 2.70 bits per heavy atom. The highest BCUT2D eigenvalue weighted by atomic mass is 16.5. The summed E-state index contributed by atoms with van der Waals surface area (Å²) in [5, 5.41) is 14.6. The molecule has 2 aliphatic rings. The third kappa shape index (κ3) is 2.76. The van der Waals surface area contributed by atoms with Crippen molar-refractivity contribution in [1.29, 1.82) is 0 Å². The summed E-state index contributed by atoms with van der Waals surface area (Å²) in [6.45, 7) is 8.30. The number of carbonyl (C=O) groups excluding carboxylic acids is 1. The van der Waals surface area contributed by atoms with Crippen LogP contribution in [-0.4, -0.2) is 52.7 Å². The number of methoxy groups -OCH3 is 1. The van der Waals surface area contributed by atoms with Crippen LogP contribution in [0.2, 0.25) is 0 Å². The highest BCUT2D eigenvalue weighted by Gasteiger charge is 2.58. The van der Waals surface area contributed by atoms with E-state index >= 15 is 0 Å². The molecule has 2 fully saturated rings. The number of piperidine rings is 1. The molecule has 1 aliphatic heterocycles. The topological polar surface area (TPSA) is 81.1 Å². The first-order valence-electron chi connectivity index (χ1n) is 8.36. The second kappa shape index (κ2) is 5.87. The Morgan fingerprint density at radius 1 is 1.39 bits per heavy atom. The zero-order chi connectivity index (χ0) is 16.7. The van der Waals surface area contributed by atoms with Crippen LogP contribution in [-0.2, 0) is 4.74 Å². The zero-order valence-electron chi connectivity index (χ0n) is 14.4. The van der Waals surface area contributed by atoms with Crippen molar-refractivity contribution in [3.63, 3.8) is 0 Å². The highest BCUT2D eigenvalue weighted by Crippen LogP contribution is 2.51. The van der Waals surface area contributed by atoms with Gasteiger partial charge in [-0.15, -0.1) is 5.10 Å². The second-order valence-electron chi connectivity index (χ2n) is 7.45.